The lowest BCUT2D eigenvalue weighted by Crippen LogP contribution is -2.13. The van der Waals surface area contributed by atoms with Crippen molar-refractivity contribution in [2.75, 3.05) is 5.32 Å². The maximum atomic E-state index is 11.8. The summed E-state index contributed by atoms with van der Waals surface area (Å²) in [6.07, 6.45) is 9.39. The largest absolute Gasteiger partial charge is 0.302 e. The third kappa shape index (κ3) is 4.71. The molecule has 0 atom stereocenters. The summed E-state index contributed by atoms with van der Waals surface area (Å²) >= 11 is 1.30. The van der Waals surface area contributed by atoms with E-state index in [9.17, 15) is 9.59 Å². The van der Waals surface area contributed by atoms with E-state index in [-0.39, 0.29) is 11.7 Å². The van der Waals surface area contributed by atoms with Gasteiger partial charge in [-0.2, -0.15) is 0 Å². The minimum absolute atomic E-state index is 0.00487. The molecule has 0 aromatic carbocycles. The van der Waals surface area contributed by atoms with Gasteiger partial charge in [-0.15, -0.1) is 11.3 Å². The third-order valence-corrected chi connectivity index (χ3v) is 4.61. The van der Waals surface area contributed by atoms with Crippen molar-refractivity contribution in [2.24, 2.45) is 5.92 Å². The number of aromatic nitrogens is 1. The van der Waals surface area contributed by atoms with Crippen molar-refractivity contribution in [3.63, 3.8) is 0 Å². The number of amides is 1. The van der Waals surface area contributed by atoms with Crippen molar-refractivity contribution in [1.29, 1.82) is 0 Å². The van der Waals surface area contributed by atoms with Crippen LogP contribution in [0.1, 0.15) is 68.8 Å². The average Bonchev–Trinajstić information content (AvgIpc) is 2.88. The van der Waals surface area contributed by atoms with Crippen LogP contribution in [0, 0.1) is 5.92 Å². The fourth-order valence-electron chi connectivity index (χ4n) is 2.70. The number of Topliss-reactive ketones (excluding diaryl/α,β-unsaturated/α-hetero) is 1. The topological polar surface area (TPSA) is 59.1 Å². The summed E-state index contributed by atoms with van der Waals surface area (Å²) in [4.78, 5) is 27.0. The van der Waals surface area contributed by atoms with Crippen LogP contribution in [-0.4, -0.2) is 16.7 Å². The monoisotopic (exact) mass is 294 g/mol. The third-order valence-electron chi connectivity index (χ3n) is 3.85. The Hall–Kier alpha value is -1.23. The molecule has 1 aromatic heterocycles. The van der Waals surface area contributed by atoms with Crippen LogP contribution in [0.15, 0.2) is 5.38 Å². The van der Waals surface area contributed by atoms with E-state index < -0.39 is 0 Å². The van der Waals surface area contributed by atoms with Gasteiger partial charge in [0.05, 0.1) is 0 Å². The minimum atomic E-state index is -0.0703. The summed E-state index contributed by atoms with van der Waals surface area (Å²) in [6.45, 7) is 1.48. The maximum Gasteiger partial charge on any atom is 0.226 e. The summed E-state index contributed by atoms with van der Waals surface area (Å²) in [6, 6.07) is 0. The number of nitrogens with one attached hydrogen (secondary N) is 1. The van der Waals surface area contributed by atoms with Gasteiger partial charge < -0.3 is 5.32 Å². The van der Waals surface area contributed by atoms with Gasteiger partial charge in [0, 0.05) is 18.7 Å². The summed E-state index contributed by atoms with van der Waals surface area (Å²) < 4.78 is 0. The highest BCUT2D eigenvalue weighted by molar-refractivity contribution is 7.14. The normalized spacial score (nSPS) is 16.1. The van der Waals surface area contributed by atoms with Crippen LogP contribution in [0.4, 0.5) is 5.13 Å². The zero-order valence-corrected chi connectivity index (χ0v) is 12.8. The Morgan fingerprint density at radius 3 is 2.75 bits per heavy atom. The first-order valence-corrected chi connectivity index (χ1v) is 8.29. The number of hydrogen-bond donors (Lipinski definition) is 1. The first kappa shape index (κ1) is 15.2. The molecule has 1 saturated carbocycles. The molecule has 0 radical (unpaired) electrons. The highest BCUT2D eigenvalue weighted by Gasteiger charge is 2.14. The van der Waals surface area contributed by atoms with Crippen LogP contribution in [0.3, 0.4) is 0 Å². The molecule has 0 aliphatic heterocycles. The Morgan fingerprint density at radius 1 is 1.35 bits per heavy atom. The van der Waals surface area contributed by atoms with Crippen LogP contribution >= 0.6 is 11.3 Å². The van der Waals surface area contributed by atoms with E-state index in [4.69, 9.17) is 0 Å². The van der Waals surface area contributed by atoms with Gasteiger partial charge in [-0.1, -0.05) is 32.1 Å². The Kier molecular flexibility index (Phi) is 5.71. The molecule has 1 heterocycles. The fraction of sp³-hybridized carbons (Fsp3) is 0.667. The van der Waals surface area contributed by atoms with Gasteiger partial charge in [-0.05, 0) is 18.8 Å². The van der Waals surface area contributed by atoms with E-state index in [0.29, 0.717) is 17.2 Å². The molecule has 0 spiro atoms. The molecule has 1 N–H and O–H groups in total. The first-order valence-electron chi connectivity index (χ1n) is 7.41. The molecular weight excluding hydrogens is 272 g/mol. The van der Waals surface area contributed by atoms with E-state index in [1.54, 1.807) is 5.38 Å². The van der Waals surface area contributed by atoms with Gasteiger partial charge in [0.15, 0.2) is 10.9 Å². The molecule has 0 saturated heterocycles. The van der Waals surface area contributed by atoms with Crippen LogP contribution < -0.4 is 5.32 Å². The Bertz CT molecular complexity index is 464. The second-order valence-electron chi connectivity index (χ2n) is 5.54. The lowest BCUT2D eigenvalue weighted by molar-refractivity contribution is -0.116. The van der Waals surface area contributed by atoms with E-state index in [2.05, 4.69) is 10.3 Å². The van der Waals surface area contributed by atoms with Crippen molar-refractivity contribution in [1.82, 2.24) is 4.98 Å². The number of ketones is 1. The van der Waals surface area contributed by atoms with Gasteiger partial charge >= 0.3 is 0 Å². The highest BCUT2D eigenvalue weighted by atomic mass is 32.1. The van der Waals surface area contributed by atoms with Gasteiger partial charge in [-0.3, -0.25) is 9.59 Å². The molecule has 2 rings (SSSR count). The van der Waals surface area contributed by atoms with Crippen molar-refractivity contribution in [3.8, 4) is 0 Å². The Balaban J connectivity index is 1.67. The van der Waals surface area contributed by atoms with Crippen LogP contribution in [-0.2, 0) is 4.79 Å². The highest BCUT2D eigenvalue weighted by Crippen LogP contribution is 2.27. The summed E-state index contributed by atoms with van der Waals surface area (Å²) in [7, 11) is 0. The number of thiazole rings is 1. The van der Waals surface area contributed by atoms with Crippen LogP contribution in [0.5, 0.6) is 0 Å². The summed E-state index contributed by atoms with van der Waals surface area (Å²) in [5, 5.41) is 4.98. The van der Waals surface area contributed by atoms with Gasteiger partial charge in [0.25, 0.3) is 0 Å². The first-order chi connectivity index (χ1) is 9.65. The zero-order valence-electron chi connectivity index (χ0n) is 12.0. The lowest BCUT2D eigenvalue weighted by atomic mass is 9.86. The quantitative estimate of drug-likeness (QED) is 0.806. The smallest absolute Gasteiger partial charge is 0.226 e. The predicted molar refractivity (Wildman–Crippen MR) is 81.2 cm³/mol. The number of hydrogen-bond acceptors (Lipinski definition) is 4. The molecule has 0 unspecified atom stereocenters. The summed E-state index contributed by atoms with van der Waals surface area (Å²) in [5.74, 6) is 0.755. The molecule has 1 aromatic rings. The predicted octanol–water partition coefficient (Wildman–Crippen LogP) is 4.03. The van der Waals surface area contributed by atoms with Crippen molar-refractivity contribution >= 4 is 28.2 Å². The second-order valence-corrected chi connectivity index (χ2v) is 6.40. The number of carbonyl (C=O) groups is 2. The number of nitrogens with zero attached hydrogens (tertiary/aromatic N) is 1. The van der Waals surface area contributed by atoms with Gasteiger partial charge in [0.1, 0.15) is 5.69 Å². The van der Waals surface area contributed by atoms with E-state index in [1.165, 1.54) is 50.4 Å². The number of anilines is 1. The molecule has 110 valence electrons. The fourth-order valence-corrected chi connectivity index (χ4v) is 3.47. The SMILES string of the molecule is CC(=O)c1csc(NC(=O)CCCC2CCCCC2)n1. The summed E-state index contributed by atoms with van der Waals surface area (Å²) in [5.41, 5.74) is 0.424. The van der Waals surface area contributed by atoms with E-state index in [0.717, 1.165) is 18.8 Å². The molecule has 1 aliphatic rings. The number of rotatable bonds is 6. The standard InChI is InChI=1S/C15H22N2O2S/c1-11(18)13-10-20-15(16-13)17-14(19)9-5-8-12-6-3-2-4-7-12/h10,12H,2-9H2,1H3,(H,16,17,19). The average molecular weight is 294 g/mol. The molecule has 1 fully saturated rings. The van der Waals surface area contributed by atoms with Crippen molar-refractivity contribution < 1.29 is 9.59 Å². The molecule has 20 heavy (non-hydrogen) atoms. The molecule has 1 amide bonds. The van der Waals surface area contributed by atoms with E-state index >= 15 is 0 Å². The molecule has 1 aliphatic carbocycles. The number of carbonyl (C=O) groups excluding carboxylic acids is 2. The van der Waals surface area contributed by atoms with Crippen molar-refractivity contribution in [2.45, 2.75) is 58.3 Å². The minimum Gasteiger partial charge on any atom is -0.302 e. The molecule has 4 nitrogen and oxygen atoms in total. The molecule has 0 bridgehead atoms. The van der Waals surface area contributed by atoms with Crippen molar-refractivity contribution in [3.05, 3.63) is 11.1 Å². The van der Waals surface area contributed by atoms with Gasteiger partial charge in [0.2, 0.25) is 5.91 Å². The Labute approximate surface area is 124 Å². The Morgan fingerprint density at radius 2 is 2.10 bits per heavy atom. The van der Waals surface area contributed by atoms with Gasteiger partial charge in [-0.25, -0.2) is 4.98 Å². The van der Waals surface area contributed by atoms with E-state index in [1.807, 2.05) is 0 Å². The zero-order chi connectivity index (χ0) is 14.4. The maximum absolute atomic E-state index is 11.8. The van der Waals surface area contributed by atoms with Crippen LogP contribution in [0.2, 0.25) is 0 Å². The second kappa shape index (κ2) is 7.53. The molecular formula is C15H22N2O2S. The van der Waals surface area contributed by atoms with Crippen LogP contribution in [0.25, 0.3) is 0 Å². The molecule has 5 heteroatoms. The lowest BCUT2D eigenvalue weighted by Gasteiger charge is -2.20.